The lowest BCUT2D eigenvalue weighted by Crippen LogP contribution is -2.46. The van der Waals surface area contributed by atoms with Gasteiger partial charge in [0.25, 0.3) is 0 Å². The Hall–Kier alpha value is -1.39. The number of benzene rings is 1. The van der Waals surface area contributed by atoms with E-state index in [9.17, 15) is 9.59 Å². The number of carbonyl (C=O) groups excluding carboxylic acids is 2. The highest BCUT2D eigenvalue weighted by Crippen LogP contribution is 2.23. The summed E-state index contributed by atoms with van der Waals surface area (Å²) in [6.45, 7) is 5.91. The second-order valence-electron chi connectivity index (χ2n) is 6.75. The molecule has 0 saturated carbocycles. The summed E-state index contributed by atoms with van der Waals surface area (Å²) in [6, 6.07) is 7.41. The summed E-state index contributed by atoms with van der Waals surface area (Å²) in [6.07, 6.45) is 1.48. The maximum absolute atomic E-state index is 12.1. The SMILES string of the molecule is CC(C)(C)C(=O)ON1CCC(=O)CC1Cc1ccc(Cl)cc1. The number of piperidine rings is 1. The van der Waals surface area contributed by atoms with E-state index in [2.05, 4.69) is 0 Å². The molecule has 1 fully saturated rings. The van der Waals surface area contributed by atoms with E-state index in [0.29, 0.717) is 30.8 Å². The molecule has 5 heteroatoms. The molecule has 0 aliphatic carbocycles. The second kappa shape index (κ2) is 6.80. The van der Waals surface area contributed by atoms with Gasteiger partial charge in [0.15, 0.2) is 0 Å². The highest BCUT2D eigenvalue weighted by molar-refractivity contribution is 6.30. The van der Waals surface area contributed by atoms with Crippen molar-refractivity contribution in [2.75, 3.05) is 6.54 Å². The molecule has 0 N–H and O–H groups in total. The van der Waals surface area contributed by atoms with Gasteiger partial charge in [-0.2, -0.15) is 0 Å². The zero-order chi connectivity index (χ0) is 16.3. The molecule has 0 amide bonds. The van der Waals surface area contributed by atoms with Crippen molar-refractivity contribution in [3.8, 4) is 0 Å². The Labute approximate surface area is 136 Å². The third-order valence-corrected chi connectivity index (χ3v) is 3.93. The Bertz CT molecular complexity index is 548. The minimum absolute atomic E-state index is 0.117. The molecule has 1 aliphatic rings. The van der Waals surface area contributed by atoms with Gasteiger partial charge in [0.1, 0.15) is 5.78 Å². The fourth-order valence-electron chi connectivity index (χ4n) is 2.31. The summed E-state index contributed by atoms with van der Waals surface area (Å²) in [7, 11) is 0. The van der Waals surface area contributed by atoms with Crippen LogP contribution in [-0.2, 0) is 20.8 Å². The zero-order valence-electron chi connectivity index (χ0n) is 13.3. The molecule has 120 valence electrons. The van der Waals surface area contributed by atoms with Gasteiger partial charge < -0.3 is 4.84 Å². The second-order valence-corrected chi connectivity index (χ2v) is 7.18. The molecule has 0 radical (unpaired) electrons. The smallest absolute Gasteiger partial charge is 0.330 e. The van der Waals surface area contributed by atoms with E-state index in [-0.39, 0.29) is 17.8 Å². The van der Waals surface area contributed by atoms with Crippen LogP contribution in [0.3, 0.4) is 0 Å². The lowest BCUT2D eigenvalue weighted by Gasteiger charge is -2.34. The van der Waals surface area contributed by atoms with Crippen LogP contribution >= 0.6 is 11.6 Å². The number of Topliss-reactive ketones (excluding diaryl/α,β-unsaturated/α-hetero) is 1. The van der Waals surface area contributed by atoms with Gasteiger partial charge in [0.2, 0.25) is 0 Å². The van der Waals surface area contributed by atoms with Crippen molar-refractivity contribution in [3.63, 3.8) is 0 Å². The van der Waals surface area contributed by atoms with Crippen LogP contribution in [0.1, 0.15) is 39.2 Å². The van der Waals surface area contributed by atoms with Crippen LogP contribution in [0.15, 0.2) is 24.3 Å². The molecule has 0 bridgehead atoms. The minimum atomic E-state index is -0.563. The minimum Gasteiger partial charge on any atom is -0.367 e. The summed E-state index contributed by atoms with van der Waals surface area (Å²) < 4.78 is 0. The average Bonchev–Trinajstić information content (AvgIpc) is 2.43. The van der Waals surface area contributed by atoms with Crippen LogP contribution < -0.4 is 0 Å². The first-order valence-corrected chi connectivity index (χ1v) is 7.88. The first kappa shape index (κ1) is 17.0. The van der Waals surface area contributed by atoms with Gasteiger partial charge in [-0.3, -0.25) is 4.79 Å². The fourth-order valence-corrected chi connectivity index (χ4v) is 2.44. The van der Waals surface area contributed by atoms with Gasteiger partial charge in [-0.15, -0.1) is 5.06 Å². The van der Waals surface area contributed by atoms with Crippen molar-refractivity contribution < 1.29 is 14.4 Å². The zero-order valence-corrected chi connectivity index (χ0v) is 14.0. The van der Waals surface area contributed by atoms with Crippen molar-refractivity contribution in [1.29, 1.82) is 0 Å². The number of nitrogens with zero attached hydrogens (tertiary/aromatic N) is 1. The molecule has 0 aromatic heterocycles. The van der Waals surface area contributed by atoms with Gasteiger partial charge in [0.05, 0.1) is 11.5 Å². The maximum Gasteiger partial charge on any atom is 0.330 e. The molecule has 1 aromatic carbocycles. The van der Waals surface area contributed by atoms with E-state index in [4.69, 9.17) is 16.4 Å². The first-order valence-electron chi connectivity index (χ1n) is 7.51. The molecule has 1 heterocycles. The number of carbonyl (C=O) groups is 2. The predicted octanol–water partition coefficient (Wildman–Crippen LogP) is 3.42. The van der Waals surface area contributed by atoms with Gasteiger partial charge in [-0.05, 0) is 44.9 Å². The van der Waals surface area contributed by atoms with Crippen LogP contribution in [0.2, 0.25) is 5.02 Å². The lowest BCUT2D eigenvalue weighted by molar-refractivity contribution is -0.216. The van der Waals surface area contributed by atoms with Gasteiger partial charge >= 0.3 is 5.97 Å². The molecule has 1 unspecified atom stereocenters. The van der Waals surface area contributed by atoms with E-state index in [0.717, 1.165) is 5.56 Å². The number of hydrogen-bond donors (Lipinski definition) is 0. The molecule has 1 atom stereocenters. The quantitative estimate of drug-likeness (QED) is 0.855. The van der Waals surface area contributed by atoms with E-state index in [1.807, 2.05) is 45.0 Å². The summed E-state index contributed by atoms with van der Waals surface area (Å²) in [5.74, 6) is -0.0648. The molecular formula is C17H22ClNO3. The largest absolute Gasteiger partial charge is 0.367 e. The van der Waals surface area contributed by atoms with Gasteiger partial charge in [-0.25, -0.2) is 4.79 Å². The molecule has 22 heavy (non-hydrogen) atoms. The Morgan fingerprint density at radius 2 is 1.95 bits per heavy atom. The van der Waals surface area contributed by atoms with E-state index >= 15 is 0 Å². The van der Waals surface area contributed by atoms with Crippen molar-refractivity contribution in [1.82, 2.24) is 5.06 Å². The molecule has 1 aromatic rings. The molecule has 4 nitrogen and oxygen atoms in total. The molecule has 1 aliphatic heterocycles. The number of rotatable bonds is 3. The summed E-state index contributed by atoms with van der Waals surface area (Å²) in [5, 5.41) is 2.35. The van der Waals surface area contributed by atoms with Crippen molar-refractivity contribution in [2.45, 2.75) is 46.1 Å². The normalized spacial score (nSPS) is 20.0. The molecule has 0 spiro atoms. The Balaban J connectivity index is 2.08. The Kier molecular flexibility index (Phi) is 5.24. The predicted molar refractivity (Wildman–Crippen MR) is 85.4 cm³/mol. The number of hydrogen-bond acceptors (Lipinski definition) is 4. The third-order valence-electron chi connectivity index (χ3n) is 3.68. The van der Waals surface area contributed by atoms with Crippen LogP contribution in [0, 0.1) is 5.41 Å². The number of ketones is 1. The summed E-state index contributed by atoms with van der Waals surface area (Å²) in [5.41, 5.74) is 0.507. The fraction of sp³-hybridized carbons (Fsp3) is 0.529. The van der Waals surface area contributed by atoms with Crippen molar-refractivity contribution in [2.24, 2.45) is 5.41 Å². The molecular weight excluding hydrogens is 302 g/mol. The maximum atomic E-state index is 12.1. The summed E-state index contributed by atoms with van der Waals surface area (Å²) in [4.78, 5) is 29.4. The molecule has 1 saturated heterocycles. The van der Waals surface area contributed by atoms with Crippen molar-refractivity contribution >= 4 is 23.4 Å². The topological polar surface area (TPSA) is 46.6 Å². The highest BCUT2D eigenvalue weighted by Gasteiger charge is 2.33. The van der Waals surface area contributed by atoms with Gasteiger partial charge in [0, 0.05) is 24.4 Å². The lowest BCUT2D eigenvalue weighted by atomic mass is 9.96. The van der Waals surface area contributed by atoms with Gasteiger partial charge in [-0.1, -0.05) is 23.7 Å². The van der Waals surface area contributed by atoms with Crippen LogP contribution in [0.5, 0.6) is 0 Å². The van der Waals surface area contributed by atoms with Crippen LogP contribution in [-0.4, -0.2) is 29.4 Å². The number of halogens is 1. The monoisotopic (exact) mass is 323 g/mol. The number of hydroxylamine groups is 2. The van der Waals surface area contributed by atoms with E-state index < -0.39 is 5.41 Å². The average molecular weight is 324 g/mol. The van der Waals surface area contributed by atoms with E-state index in [1.165, 1.54) is 0 Å². The highest BCUT2D eigenvalue weighted by atomic mass is 35.5. The third kappa shape index (κ3) is 4.55. The van der Waals surface area contributed by atoms with E-state index in [1.54, 1.807) is 5.06 Å². The van der Waals surface area contributed by atoms with Crippen LogP contribution in [0.25, 0.3) is 0 Å². The molecule has 2 rings (SSSR count). The Morgan fingerprint density at radius 1 is 1.32 bits per heavy atom. The Morgan fingerprint density at radius 3 is 2.55 bits per heavy atom. The first-order chi connectivity index (χ1) is 10.3. The van der Waals surface area contributed by atoms with Crippen LogP contribution in [0.4, 0.5) is 0 Å². The standard InChI is InChI=1S/C17H22ClNO3/c1-17(2,3)16(21)22-19-9-8-15(20)11-14(19)10-12-4-6-13(18)7-5-12/h4-7,14H,8-11H2,1-3H3. The summed E-state index contributed by atoms with van der Waals surface area (Å²) >= 11 is 5.89. The van der Waals surface area contributed by atoms with Crippen molar-refractivity contribution in [3.05, 3.63) is 34.9 Å².